The van der Waals surface area contributed by atoms with E-state index in [0.717, 1.165) is 19.0 Å². The fraction of sp³-hybridized carbons (Fsp3) is 0.667. The molecule has 1 heterocycles. The maximum absolute atomic E-state index is 13.0. The van der Waals surface area contributed by atoms with Crippen molar-refractivity contribution in [3.05, 3.63) is 35.6 Å². The summed E-state index contributed by atoms with van der Waals surface area (Å²) in [6.45, 7) is 4.65. The van der Waals surface area contributed by atoms with Crippen molar-refractivity contribution >= 4 is 0 Å². The first kappa shape index (κ1) is 16.4. The third kappa shape index (κ3) is 4.79. The first-order valence-electron chi connectivity index (χ1n) is 8.41. The molecular formula is C18H29FN2. The molecule has 118 valence electrons. The predicted molar refractivity (Wildman–Crippen MR) is 86.9 cm³/mol. The van der Waals surface area contributed by atoms with E-state index in [2.05, 4.69) is 17.1 Å². The summed E-state index contributed by atoms with van der Waals surface area (Å²) in [6.07, 6.45) is 7.75. The van der Waals surface area contributed by atoms with Gasteiger partial charge in [0.25, 0.3) is 0 Å². The van der Waals surface area contributed by atoms with Crippen molar-refractivity contribution in [3.8, 4) is 0 Å². The second-order valence-corrected chi connectivity index (χ2v) is 6.16. The number of nitrogens with zero attached hydrogens (tertiary/aromatic N) is 1. The number of halogens is 1. The third-order valence-electron chi connectivity index (χ3n) is 4.70. The SMILES string of the molecule is CCCC1CCCCN1CCC(NC)c1ccc(F)cc1. The molecule has 3 heteroatoms. The first-order valence-corrected chi connectivity index (χ1v) is 8.41. The molecule has 1 aromatic carbocycles. The van der Waals surface area contributed by atoms with Gasteiger partial charge in [-0.3, -0.25) is 0 Å². The second-order valence-electron chi connectivity index (χ2n) is 6.16. The van der Waals surface area contributed by atoms with E-state index in [-0.39, 0.29) is 5.82 Å². The van der Waals surface area contributed by atoms with E-state index in [4.69, 9.17) is 0 Å². The topological polar surface area (TPSA) is 15.3 Å². The Hall–Kier alpha value is -0.930. The summed E-state index contributed by atoms with van der Waals surface area (Å²) in [5, 5.41) is 3.38. The lowest BCUT2D eigenvalue weighted by Gasteiger charge is -2.36. The van der Waals surface area contributed by atoms with Crippen molar-refractivity contribution in [2.75, 3.05) is 20.1 Å². The molecule has 0 bridgehead atoms. The lowest BCUT2D eigenvalue weighted by molar-refractivity contribution is 0.133. The molecule has 0 aromatic heterocycles. The molecule has 2 unspecified atom stereocenters. The van der Waals surface area contributed by atoms with Crippen LogP contribution < -0.4 is 5.32 Å². The van der Waals surface area contributed by atoms with Gasteiger partial charge in [0.05, 0.1) is 0 Å². The molecule has 2 rings (SSSR count). The third-order valence-corrected chi connectivity index (χ3v) is 4.70. The van der Waals surface area contributed by atoms with Crippen molar-refractivity contribution in [3.63, 3.8) is 0 Å². The Morgan fingerprint density at radius 1 is 1.29 bits per heavy atom. The van der Waals surface area contributed by atoms with Crippen LogP contribution in [0.25, 0.3) is 0 Å². The lowest BCUT2D eigenvalue weighted by Crippen LogP contribution is -2.41. The van der Waals surface area contributed by atoms with E-state index < -0.39 is 0 Å². The fourth-order valence-corrected chi connectivity index (χ4v) is 3.48. The number of rotatable bonds is 7. The van der Waals surface area contributed by atoms with Crippen molar-refractivity contribution < 1.29 is 4.39 Å². The predicted octanol–water partition coefficient (Wildman–Crippen LogP) is 4.13. The Labute approximate surface area is 128 Å². The highest BCUT2D eigenvalue weighted by atomic mass is 19.1. The first-order chi connectivity index (χ1) is 10.2. The van der Waals surface area contributed by atoms with E-state index in [1.54, 1.807) is 12.1 Å². The number of piperidine rings is 1. The molecule has 21 heavy (non-hydrogen) atoms. The fourth-order valence-electron chi connectivity index (χ4n) is 3.48. The lowest BCUT2D eigenvalue weighted by atomic mass is 9.96. The van der Waals surface area contributed by atoms with E-state index in [1.807, 2.05) is 19.2 Å². The maximum atomic E-state index is 13.0. The summed E-state index contributed by atoms with van der Waals surface area (Å²) in [5.74, 6) is -0.160. The average molecular weight is 292 g/mol. The van der Waals surface area contributed by atoms with Crippen LogP contribution in [0.15, 0.2) is 24.3 Å². The van der Waals surface area contributed by atoms with Gasteiger partial charge in [-0.15, -0.1) is 0 Å². The standard InChI is InChI=1S/C18H29FN2/c1-3-6-17-7-4-5-13-21(17)14-12-18(20-2)15-8-10-16(19)11-9-15/h8-11,17-18,20H,3-7,12-14H2,1-2H3. The molecule has 1 aromatic rings. The summed E-state index contributed by atoms with van der Waals surface area (Å²) < 4.78 is 13.0. The van der Waals surface area contributed by atoms with Crippen molar-refractivity contribution in [1.82, 2.24) is 10.2 Å². The van der Waals surface area contributed by atoms with Crippen LogP contribution in [0.2, 0.25) is 0 Å². The van der Waals surface area contributed by atoms with Crippen LogP contribution in [0, 0.1) is 5.82 Å². The summed E-state index contributed by atoms with van der Waals surface area (Å²) in [5.41, 5.74) is 1.18. The smallest absolute Gasteiger partial charge is 0.123 e. The molecule has 1 aliphatic heterocycles. The molecule has 0 spiro atoms. The van der Waals surface area contributed by atoms with Gasteiger partial charge < -0.3 is 10.2 Å². The molecule has 2 nitrogen and oxygen atoms in total. The van der Waals surface area contributed by atoms with Gasteiger partial charge in [0.2, 0.25) is 0 Å². The second kappa shape index (κ2) is 8.50. The summed E-state index contributed by atoms with van der Waals surface area (Å²) in [4.78, 5) is 2.67. The number of nitrogens with one attached hydrogen (secondary N) is 1. The van der Waals surface area contributed by atoms with Crippen molar-refractivity contribution in [1.29, 1.82) is 0 Å². The largest absolute Gasteiger partial charge is 0.313 e. The quantitative estimate of drug-likeness (QED) is 0.813. The van der Waals surface area contributed by atoms with Crippen molar-refractivity contribution in [2.24, 2.45) is 0 Å². The van der Waals surface area contributed by atoms with Gasteiger partial charge in [-0.25, -0.2) is 4.39 Å². The molecule has 0 radical (unpaired) electrons. The highest BCUT2D eigenvalue weighted by Crippen LogP contribution is 2.23. The van der Waals surface area contributed by atoms with Crippen LogP contribution in [-0.4, -0.2) is 31.1 Å². The molecular weight excluding hydrogens is 263 g/mol. The van der Waals surface area contributed by atoms with Gasteiger partial charge in [-0.1, -0.05) is 31.9 Å². The molecule has 2 atom stereocenters. The van der Waals surface area contributed by atoms with Crippen LogP contribution in [0.4, 0.5) is 4.39 Å². The monoisotopic (exact) mass is 292 g/mol. The molecule has 1 aliphatic rings. The van der Waals surface area contributed by atoms with Crippen molar-refractivity contribution in [2.45, 2.75) is 57.5 Å². The Morgan fingerprint density at radius 2 is 2.05 bits per heavy atom. The summed E-state index contributed by atoms with van der Waals surface area (Å²) in [7, 11) is 1.99. The minimum absolute atomic E-state index is 0.160. The van der Waals surface area contributed by atoms with E-state index >= 15 is 0 Å². The normalized spacial score (nSPS) is 21.4. The van der Waals surface area contributed by atoms with E-state index in [9.17, 15) is 4.39 Å². The number of benzene rings is 1. The van der Waals surface area contributed by atoms with E-state index in [1.165, 1.54) is 44.2 Å². The van der Waals surface area contributed by atoms with Crippen LogP contribution in [-0.2, 0) is 0 Å². The number of hydrogen-bond donors (Lipinski definition) is 1. The van der Waals surface area contributed by atoms with Gasteiger partial charge >= 0.3 is 0 Å². The summed E-state index contributed by atoms with van der Waals surface area (Å²) in [6, 6.07) is 8.00. The highest BCUT2D eigenvalue weighted by Gasteiger charge is 2.22. The molecule has 0 saturated carbocycles. The average Bonchev–Trinajstić information content (AvgIpc) is 2.51. The van der Waals surface area contributed by atoms with Gasteiger partial charge in [-0.2, -0.15) is 0 Å². The maximum Gasteiger partial charge on any atom is 0.123 e. The van der Waals surface area contributed by atoms with Gasteiger partial charge in [0.15, 0.2) is 0 Å². The molecule has 1 saturated heterocycles. The Kier molecular flexibility index (Phi) is 6.65. The zero-order valence-electron chi connectivity index (χ0n) is 13.4. The van der Waals surface area contributed by atoms with Crippen LogP contribution in [0.5, 0.6) is 0 Å². The minimum atomic E-state index is -0.160. The Morgan fingerprint density at radius 3 is 2.71 bits per heavy atom. The number of likely N-dealkylation sites (tertiary alicyclic amines) is 1. The highest BCUT2D eigenvalue weighted by molar-refractivity contribution is 5.19. The minimum Gasteiger partial charge on any atom is -0.313 e. The zero-order chi connectivity index (χ0) is 15.1. The Bertz CT molecular complexity index is 402. The van der Waals surface area contributed by atoms with E-state index in [0.29, 0.717) is 6.04 Å². The van der Waals surface area contributed by atoms with Crippen LogP contribution in [0.3, 0.4) is 0 Å². The van der Waals surface area contributed by atoms with Gasteiger partial charge in [-0.05, 0) is 57.0 Å². The van der Waals surface area contributed by atoms with Gasteiger partial charge in [0.1, 0.15) is 5.82 Å². The number of hydrogen-bond acceptors (Lipinski definition) is 2. The Balaban J connectivity index is 1.90. The molecule has 1 fully saturated rings. The summed E-state index contributed by atoms with van der Waals surface area (Å²) >= 11 is 0. The van der Waals surface area contributed by atoms with Crippen LogP contribution in [0.1, 0.15) is 57.1 Å². The van der Waals surface area contributed by atoms with Crippen LogP contribution >= 0.6 is 0 Å². The molecule has 0 amide bonds. The zero-order valence-corrected chi connectivity index (χ0v) is 13.4. The molecule has 0 aliphatic carbocycles. The van der Waals surface area contributed by atoms with Gasteiger partial charge in [0, 0.05) is 18.6 Å². The molecule has 1 N–H and O–H groups in total.